The summed E-state index contributed by atoms with van der Waals surface area (Å²) in [5.41, 5.74) is 2.78. The third-order valence-electron chi connectivity index (χ3n) is 4.66. The number of carbonyl (C=O) groups excluding carboxylic acids is 1. The van der Waals surface area contributed by atoms with Crippen LogP contribution in [0.4, 0.5) is 5.69 Å². The number of carbonyl (C=O) groups is 1. The summed E-state index contributed by atoms with van der Waals surface area (Å²) in [6.45, 7) is 4.85. The van der Waals surface area contributed by atoms with Crippen molar-refractivity contribution in [2.75, 3.05) is 11.4 Å². The zero-order valence-corrected chi connectivity index (χ0v) is 14.8. The fourth-order valence-corrected chi connectivity index (χ4v) is 3.18. The van der Waals surface area contributed by atoms with Crippen LogP contribution >= 0.6 is 0 Å². The Hall–Kier alpha value is -3.02. The number of anilines is 1. The summed E-state index contributed by atoms with van der Waals surface area (Å²) in [6, 6.07) is 13.7. The van der Waals surface area contributed by atoms with Crippen molar-refractivity contribution in [3.8, 4) is 11.6 Å². The SMILES string of the molecule is CC(C)c1cccc(N2CC(c3noc(-c4ccccn4)n3)CC2=O)c1. The van der Waals surface area contributed by atoms with E-state index < -0.39 is 0 Å². The van der Waals surface area contributed by atoms with E-state index in [1.807, 2.05) is 35.2 Å². The second kappa shape index (κ2) is 6.71. The van der Waals surface area contributed by atoms with Crippen molar-refractivity contribution in [2.24, 2.45) is 0 Å². The fraction of sp³-hybridized carbons (Fsp3) is 0.300. The number of aromatic nitrogens is 3. The molecule has 1 amide bonds. The average molecular weight is 348 g/mol. The van der Waals surface area contributed by atoms with E-state index in [-0.39, 0.29) is 11.8 Å². The molecule has 3 heterocycles. The van der Waals surface area contributed by atoms with E-state index in [1.165, 1.54) is 5.56 Å². The molecule has 6 nitrogen and oxygen atoms in total. The van der Waals surface area contributed by atoms with Gasteiger partial charge in [0, 0.05) is 30.8 Å². The van der Waals surface area contributed by atoms with Crippen LogP contribution in [0.1, 0.15) is 43.5 Å². The highest BCUT2D eigenvalue weighted by molar-refractivity contribution is 5.96. The molecule has 1 aliphatic rings. The lowest BCUT2D eigenvalue weighted by molar-refractivity contribution is -0.117. The van der Waals surface area contributed by atoms with Crippen LogP contribution in [0.5, 0.6) is 0 Å². The van der Waals surface area contributed by atoms with Crippen molar-refractivity contribution in [1.29, 1.82) is 0 Å². The van der Waals surface area contributed by atoms with E-state index in [0.717, 1.165) is 5.69 Å². The van der Waals surface area contributed by atoms with E-state index in [0.29, 0.717) is 36.3 Å². The molecule has 1 aliphatic heterocycles. The first-order chi connectivity index (χ1) is 12.6. The third kappa shape index (κ3) is 3.10. The fourth-order valence-electron chi connectivity index (χ4n) is 3.18. The maximum Gasteiger partial charge on any atom is 0.276 e. The highest BCUT2D eigenvalue weighted by atomic mass is 16.5. The lowest BCUT2D eigenvalue weighted by Gasteiger charge is -2.18. The Morgan fingerprint density at radius 3 is 2.85 bits per heavy atom. The van der Waals surface area contributed by atoms with Crippen molar-refractivity contribution in [3.63, 3.8) is 0 Å². The Labute approximate surface area is 151 Å². The lowest BCUT2D eigenvalue weighted by atomic mass is 10.0. The Morgan fingerprint density at radius 1 is 1.19 bits per heavy atom. The summed E-state index contributed by atoms with van der Waals surface area (Å²) in [6.07, 6.45) is 2.06. The summed E-state index contributed by atoms with van der Waals surface area (Å²) in [5.74, 6) is 1.36. The highest BCUT2D eigenvalue weighted by Crippen LogP contribution is 2.32. The van der Waals surface area contributed by atoms with Crippen LogP contribution in [0, 0.1) is 0 Å². The van der Waals surface area contributed by atoms with E-state index >= 15 is 0 Å². The standard InChI is InChI=1S/C20H20N4O2/c1-13(2)14-6-5-7-16(10-14)24-12-15(11-18(24)25)19-22-20(26-23-19)17-8-3-4-9-21-17/h3-10,13,15H,11-12H2,1-2H3. The molecule has 1 atom stereocenters. The van der Waals surface area contributed by atoms with Gasteiger partial charge in [-0.1, -0.05) is 37.2 Å². The molecular weight excluding hydrogens is 328 g/mol. The summed E-state index contributed by atoms with van der Waals surface area (Å²) >= 11 is 0. The number of pyridine rings is 1. The van der Waals surface area contributed by atoms with E-state index in [4.69, 9.17) is 4.52 Å². The van der Waals surface area contributed by atoms with Gasteiger partial charge in [0.05, 0.1) is 0 Å². The zero-order chi connectivity index (χ0) is 18.1. The molecule has 1 unspecified atom stereocenters. The van der Waals surface area contributed by atoms with Crippen LogP contribution in [0.3, 0.4) is 0 Å². The van der Waals surface area contributed by atoms with Gasteiger partial charge in [0.25, 0.3) is 5.89 Å². The Bertz CT molecular complexity index is 920. The van der Waals surface area contributed by atoms with Crippen molar-refractivity contribution in [2.45, 2.75) is 32.1 Å². The average Bonchev–Trinajstić information content (AvgIpc) is 3.29. The van der Waals surface area contributed by atoms with Gasteiger partial charge in [0.2, 0.25) is 5.91 Å². The molecule has 26 heavy (non-hydrogen) atoms. The first-order valence-electron chi connectivity index (χ1n) is 8.77. The van der Waals surface area contributed by atoms with Crippen LogP contribution in [0.15, 0.2) is 53.2 Å². The van der Waals surface area contributed by atoms with E-state index in [9.17, 15) is 4.79 Å². The molecule has 6 heteroatoms. The van der Waals surface area contributed by atoms with Gasteiger partial charge in [-0.2, -0.15) is 4.98 Å². The molecule has 0 aliphatic carbocycles. The monoisotopic (exact) mass is 348 g/mol. The van der Waals surface area contributed by atoms with Gasteiger partial charge in [-0.25, -0.2) is 0 Å². The number of rotatable bonds is 4. The number of amides is 1. The predicted molar refractivity (Wildman–Crippen MR) is 97.8 cm³/mol. The minimum absolute atomic E-state index is 0.0774. The van der Waals surface area contributed by atoms with E-state index in [2.05, 4.69) is 41.1 Å². The molecule has 0 N–H and O–H groups in total. The number of nitrogens with zero attached hydrogens (tertiary/aromatic N) is 4. The topological polar surface area (TPSA) is 72.1 Å². The number of hydrogen-bond donors (Lipinski definition) is 0. The molecule has 0 radical (unpaired) electrons. The molecule has 4 rings (SSSR count). The van der Waals surface area contributed by atoms with Crippen LogP contribution in [-0.2, 0) is 4.79 Å². The Morgan fingerprint density at radius 2 is 2.08 bits per heavy atom. The normalized spacial score (nSPS) is 17.3. The smallest absolute Gasteiger partial charge is 0.276 e. The molecule has 132 valence electrons. The Balaban J connectivity index is 1.55. The van der Waals surface area contributed by atoms with Crippen LogP contribution in [-0.4, -0.2) is 27.6 Å². The summed E-state index contributed by atoms with van der Waals surface area (Å²) in [7, 11) is 0. The second-order valence-corrected chi connectivity index (χ2v) is 6.83. The molecule has 1 fully saturated rings. The summed E-state index contributed by atoms with van der Waals surface area (Å²) < 4.78 is 5.34. The van der Waals surface area contributed by atoms with Crippen molar-refractivity contribution < 1.29 is 9.32 Å². The highest BCUT2D eigenvalue weighted by Gasteiger charge is 2.34. The van der Waals surface area contributed by atoms with Crippen molar-refractivity contribution in [1.82, 2.24) is 15.1 Å². The van der Waals surface area contributed by atoms with Crippen LogP contribution in [0.2, 0.25) is 0 Å². The van der Waals surface area contributed by atoms with E-state index in [1.54, 1.807) is 6.20 Å². The van der Waals surface area contributed by atoms with Crippen molar-refractivity contribution >= 4 is 11.6 Å². The van der Waals surface area contributed by atoms with Gasteiger partial charge in [-0.3, -0.25) is 9.78 Å². The largest absolute Gasteiger partial charge is 0.332 e. The second-order valence-electron chi connectivity index (χ2n) is 6.83. The first kappa shape index (κ1) is 16.4. The summed E-state index contributed by atoms with van der Waals surface area (Å²) in [5, 5.41) is 4.08. The van der Waals surface area contributed by atoms with Gasteiger partial charge in [-0.15, -0.1) is 0 Å². The lowest BCUT2D eigenvalue weighted by Crippen LogP contribution is -2.24. The van der Waals surface area contributed by atoms with Crippen LogP contribution < -0.4 is 4.90 Å². The molecule has 0 saturated carbocycles. The number of hydrogen-bond acceptors (Lipinski definition) is 5. The minimum Gasteiger partial charge on any atom is -0.332 e. The third-order valence-corrected chi connectivity index (χ3v) is 4.66. The molecule has 3 aromatic rings. The van der Waals surface area contributed by atoms with Gasteiger partial charge >= 0.3 is 0 Å². The van der Waals surface area contributed by atoms with Gasteiger partial charge in [-0.05, 0) is 35.7 Å². The first-order valence-corrected chi connectivity index (χ1v) is 8.77. The molecule has 2 aromatic heterocycles. The molecule has 1 aromatic carbocycles. The van der Waals surface area contributed by atoms with Gasteiger partial charge in [0.15, 0.2) is 5.82 Å². The molecular formula is C20H20N4O2. The van der Waals surface area contributed by atoms with Gasteiger partial charge in [0.1, 0.15) is 5.69 Å². The maximum atomic E-state index is 12.5. The predicted octanol–water partition coefficient (Wildman–Crippen LogP) is 3.78. The molecule has 0 bridgehead atoms. The van der Waals surface area contributed by atoms with Gasteiger partial charge < -0.3 is 9.42 Å². The Kier molecular flexibility index (Phi) is 4.24. The zero-order valence-electron chi connectivity index (χ0n) is 14.8. The minimum atomic E-state index is -0.0774. The van der Waals surface area contributed by atoms with Crippen molar-refractivity contribution in [3.05, 3.63) is 60.0 Å². The quantitative estimate of drug-likeness (QED) is 0.717. The molecule has 1 saturated heterocycles. The maximum absolute atomic E-state index is 12.5. The summed E-state index contributed by atoms with van der Waals surface area (Å²) in [4.78, 5) is 23.0. The molecule has 0 spiro atoms. The number of benzene rings is 1. The van der Waals surface area contributed by atoms with Crippen LogP contribution in [0.25, 0.3) is 11.6 Å².